The molecule has 5 heteroatoms. The van der Waals surface area contributed by atoms with Gasteiger partial charge in [-0.2, -0.15) is 4.31 Å². The molecule has 0 radical (unpaired) electrons. The number of nitrogens with zero attached hydrogens (tertiary/aromatic N) is 2. The van der Waals surface area contributed by atoms with E-state index in [1.165, 1.54) is 0 Å². The van der Waals surface area contributed by atoms with Crippen LogP contribution in [0.3, 0.4) is 0 Å². The first-order chi connectivity index (χ1) is 9.32. The second-order valence-electron chi connectivity index (χ2n) is 5.89. The lowest BCUT2D eigenvalue weighted by Gasteiger charge is -2.35. The van der Waals surface area contributed by atoms with E-state index in [0.717, 1.165) is 24.0 Å². The summed E-state index contributed by atoms with van der Waals surface area (Å²) in [5.74, 6) is 0. The molecule has 112 valence electrons. The van der Waals surface area contributed by atoms with Crippen LogP contribution in [0.25, 0.3) is 0 Å². The van der Waals surface area contributed by atoms with Crippen molar-refractivity contribution >= 4 is 10.0 Å². The van der Waals surface area contributed by atoms with Gasteiger partial charge in [-0.1, -0.05) is 17.7 Å². The Morgan fingerprint density at radius 2 is 1.95 bits per heavy atom. The van der Waals surface area contributed by atoms with Gasteiger partial charge in [-0.25, -0.2) is 8.42 Å². The number of sulfonamides is 1. The molecule has 1 fully saturated rings. The normalized spacial score (nSPS) is 21.4. The second kappa shape index (κ2) is 5.84. The van der Waals surface area contributed by atoms with Crippen molar-refractivity contribution in [2.24, 2.45) is 0 Å². The van der Waals surface area contributed by atoms with Crippen LogP contribution < -0.4 is 0 Å². The topological polar surface area (TPSA) is 40.6 Å². The van der Waals surface area contributed by atoms with Crippen LogP contribution in [0.15, 0.2) is 23.1 Å². The molecule has 1 aliphatic rings. The molecule has 0 amide bonds. The minimum atomic E-state index is -3.37. The first-order valence-corrected chi connectivity index (χ1v) is 8.50. The molecule has 20 heavy (non-hydrogen) atoms. The number of hydrogen-bond donors (Lipinski definition) is 0. The number of piperidine rings is 1. The summed E-state index contributed by atoms with van der Waals surface area (Å²) in [5.41, 5.74) is 1.92. The van der Waals surface area contributed by atoms with E-state index < -0.39 is 10.0 Å². The van der Waals surface area contributed by atoms with Crippen molar-refractivity contribution in [3.05, 3.63) is 29.3 Å². The summed E-state index contributed by atoms with van der Waals surface area (Å²) in [6, 6.07) is 5.84. The summed E-state index contributed by atoms with van der Waals surface area (Å²) in [4.78, 5) is 2.56. The van der Waals surface area contributed by atoms with E-state index in [4.69, 9.17) is 0 Å². The van der Waals surface area contributed by atoms with Gasteiger partial charge < -0.3 is 4.90 Å². The van der Waals surface area contributed by atoms with Crippen LogP contribution in [0.4, 0.5) is 0 Å². The maximum absolute atomic E-state index is 12.8. The van der Waals surface area contributed by atoms with Gasteiger partial charge in [0.1, 0.15) is 0 Å². The van der Waals surface area contributed by atoms with Crippen LogP contribution in [0.5, 0.6) is 0 Å². The van der Waals surface area contributed by atoms with E-state index in [-0.39, 0.29) is 0 Å². The van der Waals surface area contributed by atoms with Gasteiger partial charge in [0.05, 0.1) is 4.90 Å². The van der Waals surface area contributed by atoms with Gasteiger partial charge >= 0.3 is 0 Å². The zero-order chi connectivity index (χ0) is 14.9. The fourth-order valence-corrected chi connectivity index (χ4v) is 4.51. The highest BCUT2D eigenvalue weighted by atomic mass is 32.2. The predicted molar refractivity (Wildman–Crippen MR) is 81.4 cm³/mol. The summed E-state index contributed by atoms with van der Waals surface area (Å²) in [6.45, 7) is 5.06. The largest absolute Gasteiger partial charge is 0.305 e. The van der Waals surface area contributed by atoms with Crippen molar-refractivity contribution in [2.75, 3.05) is 27.2 Å². The molecule has 1 aliphatic heterocycles. The molecule has 0 saturated carbocycles. The molecule has 1 heterocycles. The lowest BCUT2D eigenvalue weighted by Crippen LogP contribution is -2.47. The average Bonchev–Trinajstić information content (AvgIpc) is 2.38. The molecule has 4 nitrogen and oxygen atoms in total. The standard InChI is InChI=1S/C15H24N2O2S/c1-12-7-8-15(13(2)10-12)20(18,19)17-9-5-6-14(11-17)16(3)4/h7-8,10,14H,5-6,9,11H2,1-4H3. The van der Waals surface area contributed by atoms with E-state index in [2.05, 4.69) is 4.90 Å². The molecule has 1 saturated heterocycles. The third-order valence-corrected chi connectivity index (χ3v) is 6.06. The molecule has 0 N–H and O–H groups in total. The van der Waals surface area contributed by atoms with E-state index >= 15 is 0 Å². The Morgan fingerprint density at radius 3 is 2.55 bits per heavy atom. The van der Waals surface area contributed by atoms with E-state index in [0.29, 0.717) is 24.0 Å². The Kier molecular flexibility index (Phi) is 4.52. The predicted octanol–water partition coefficient (Wildman–Crippen LogP) is 2.02. The summed E-state index contributed by atoms with van der Waals surface area (Å²) in [7, 11) is 0.654. The number of rotatable bonds is 3. The molecule has 1 aromatic carbocycles. The van der Waals surface area contributed by atoms with Crippen LogP contribution in [0.2, 0.25) is 0 Å². The van der Waals surface area contributed by atoms with Crippen molar-refractivity contribution in [3.63, 3.8) is 0 Å². The van der Waals surface area contributed by atoms with Crippen molar-refractivity contribution in [1.82, 2.24) is 9.21 Å². The Hall–Kier alpha value is -0.910. The Morgan fingerprint density at radius 1 is 1.25 bits per heavy atom. The third kappa shape index (κ3) is 3.05. The van der Waals surface area contributed by atoms with Crippen molar-refractivity contribution in [1.29, 1.82) is 0 Å². The highest BCUT2D eigenvalue weighted by Gasteiger charge is 2.31. The molecular formula is C15H24N2O2S. The number of benzene rings is 1. The summed E-state index contributed by atoms with van der Waals surface area (Å²) in [6.07, 6.45) is 1.99. The minimum Gasteiger partial charge on any atom is -0.305 e. The lowest BCUT2D eigenvalue weighted by atomic mass is 10.1. The fraction of sp³-hybridized carbons (Fsp3) is 0.600. The van der Waals surface area contributed by atoms with Crippen LogP contribution in [0, 0.1) is 13.8 Å². The van der Waals surface area contributed by atoms with E-state index in [1.807, 2.05) is 40.1 Å². The van der Waals surface area contributed by atoms with Gasteiger partial charge in [0.15, 0.2) is 0 Å². The highest BCUT2D eigenvalue weighted by Crippen LogP contribution is 2.25. The highest BCUT2D eigenvalue weighted by molar-refractivity contribution is 7.89. The fourth-order valence-electron chi connectivity index (χ4n) is 2.79. The quantitative estimate of drug-likeness (QED) is 0.857. The third-order valence-electron chi connectivity index (χ3n) is 4.04. The first-order valence-electron chi connectivity index (χ1n) is 7.06. The Labute approximate surface area is 122 Å². The first kappa shape index (κ1) is 15.5. The summed E-state index contributed by atoms with van der Waals surface area (Å²) < 4.78 is 27.2. The monoisotopic (exact) mass is 296 g/mol. The summed E-state index contributed by atoms with van der Waals surface area (Å²) in [5, 5.41) is 0. The van der Waals surface area contributed by atoms with Gasteiger partial charge in [0.25, 0.3) is 0 Å². The number of aryl methyl sites for hydroxylation is 2. The van der Waals surface area contributed by atoms with Crippen LogP contribution in [-0.2, 0) is 10.0 Å². The summed E-state index contributed by atoms with van der Waals surface area (Å²) >= 11 is 0. The van der Waals surface area contributed by atoms with Gasteiger partial charge in [-0.15, -0.1) is 0 Å². The lowest BCUT2D eigenvalue weighted by molar-refractivity contribution is 0.190. The Balaban J connectivity index is 2.30. The molecular weight excluding hydrogens is 272 g/mol. The molecule has 0 bridgehead atoms. The molecule has 0 aliphatic carbocycles. The second-order valence-corrected chi connectivity index (χ2v) is 7.80. The van der Waals surface area contributed by atoms with Crippen molar-refractivity contribution in [3.8, 4) is 0 Å². The van der Waals surface area contributed by atoms with E-state index in [1.54, 1.807) is 10.4 Å². The van der Waals surface area contributed by atoms with E-state index in [9.17, 15) is 8.42 Å². The Bertz CT molecular complexity index is 582. The number of hydrogen-bond acceptors (Lipinski definition) is 3. The molecule has 2 rings (SSSR count). The molecule has 1 atom stereocenters. The maximum Gasteiger partial charge on any atom is 0.243 e. The van der Waals surface area contributed by atoms with Crippen LogP contribution in [0.1, 0.15) is 24.0 Å². The van der Waals surface area contributed by atoms with Gasteiger partial charge in [-0.3, -0.25) is 0 Å². The molecule has 0 spiro atoms. The minimum absolute atomic E-state index is 0.310. The van der Waals surface area contributed by atoms with Crippen molar-refractivity contribution < 1.29 is 8.42 Å². The SMILES string of the molecule is Cc1ccc(S(=O)(=O)N2CCCC(N(C)C)C2)c(C)c1. The number of likely N-dealkylation sites (N-methyl/N-ethyl adjacent to an activating group) is 1. The van der Waals surface area contributed by atoms with Gasteiger partial charge in [0.2, 0.25) is 10.0 Å². The smallest absolute Gasteiger partial charge is 0.243 e. The van der Waals surface area contributed by atoms with Crippen LogP contribution >= 0.6 is 0 Å². The van der Waals surface area contributed by atoms with Crippen LogP contribution in [-0.4, -0.2) is 50.8 Å². The molecule has 1 aromatic rings. The zero-order valence-electron chi connectivity index (χ0n) is 12.8. The maximum atomic E-state index is 12.8. The molecule has 0 aromatic heterocycles. The zero-order valence-corrected chi connectivity index (χ0v) is 13.6. The van der Waals surface area contributed by atoms with Crippen molar-refractivity contribution in [2.45, 2.75) is 37.6 Å². The molecule has 1 unspecified atom stereocenters. The van der Waals surface area contributed by atoms with Gasteiger partial charge in [-0.05, 0) is 52.4 Å². The van der Waals surface area contributed by atoms with Gasteiger partial charge in [0, 0.05) is 19.1 Å². The average molecular weight is 296 g/mol.